The number of carbonyl (C=O) groups is 1. The first-order valence-corrected chi connectivity index (χ1v) is 13.3. The van der Waals surface area contributed by atoms with Gasteiger partial charge in [-0.3, -0.25) is 9.10 Å². The quantitative estimate of drug-likeness (QED) is 0.463. The van der Waals surface area contributed by atoms with Gasteiger partial charge in [0.05, 0.1) is 21.6 Å². The summed E-state index contributed by atoms with van der Waals surface area (Å²) in [6.07, 6.45) is 4.55. The average Bonchev–Trinajstić information content (AvgIpc) is 2.83. The molecule has 7 heteroatoms. The van der Waals surface area contributed by atoms with Crippen molar-refractivity contribution in [3.8, 4) is 0 Å². The van der Waals surface area contributed by atoms with Gasteiger partial charge >= 0.3 is 0 Å². The van der Waals surface area contributed by atoms with Crippen molar-refractivity contribution in [1.82, 2.24) is 5.32 Å². The van der Waals surface area contributed by atoms with Crippen molar-refractivity contribution in [1.29, 1.82) is 0 Å². The van der Waals surface area contributed by atoms with E-state index >= 15 is 0 Å². The van der Waals surface area contributed by atoms with Crippen LogP contribution < -0.4 is 9.62 Å². The Morgan fingerprint density at radius 1 is 1.00 bits per heavy atom. The van der Waals surface area contributed by atoms with E-state index in [1.807, 2.05) is 19.9 Å². The van der Waals surface area contributed by atoms with Gasteiger partial charge in [-0.1, -0.05) is 59.6 Å². The monoisotopic (exact) mass is 496 g/mol. The zero-order valence-electron chi connectivity index (χ0n) is 19.4. The SMILES string of the molecule is Cc1ccc(S(=O)(=O)N(CC(=O)N[C@H](C)c2ccc3c(c2)CCCC3)c2ccccc2Cl)cc1. The molecule has 0 aliphatic heterocycles. The molecule has 0 unspecified atom stereocenters. The molecule has 3 aromatic carbocycles. The van der Waals surface area contributed by atoms with Gasteiger partial charge in [-0.25, -0.2) is 8.42 Å². The van der Waals surface area contributed by atoms with Gasteiger partial charge in [-0.05, 0) is 80.5 Å². The molecule has 1 aliphatic rings. The maximum absolute atomic E-state index is 13.5. The number of anilines is 1. The van der Waals surface area contributed by atoms with Crippen molar-refractivity contribution in [2.45, 2.75) is 50.5 Å². The van der Waals surface area contributed by atoms with Crippen LogP contribution in [0.4, 0.5) is 5.69 Å². The number of carbonyl (C=O) groups excluding carboxylic acids is 1. The van der Waals surface area contributed by atoms with E-state index in [2.05, 4.69) is 17.4 Å². The fourth-order valence-corrected chi connectivity index (χ4v) is 6.04. The van der Waals surface area contributed by atoms with E-state index < -0.39 is 15.9 Å². The van der Waals surface area contributed by atoms with Crippen molar-refractivity contribution in [3.63, 3.8) is 0 Å². The number of fused-ring (bicyclic) bond motifs is 1. The second-order valence-electron chi connectivity index (χ2n) is 8.80. The topological polar surface area (TPSA) is 66.5 Å². The van der Waals surface area contributed by atoms with Crippen LogP contribution in [-0.2, 0) is 27.7 Å². The van der Waals surface area contributed by atoms with Crippen molar-refractivity contribution in [2.75, 3.05) is 10.8 Å². The molecule has 0 spiro atoms. The number of sulfonamides is 1. The summed E-state index contributed by atoms with van der Waals surface area (Å²) in [6.45, 7) is 3.42. The molecule has 1 atom stereocenters. The number of hydrogen-bond acceptors (Lipinski definition) is 3. The average molecular weight is 497 g/mol. The van der Waals surface area contributed by atoms with E-state index in [-0.39, 0.29) is 28.2 Å². The minimum atomic E-state index is -4.01. The van der Waals surface area contributed by atoms with Gasteiger partial charge in [0.25, 0.3) is 10.0 Å². The molecule has 1 N–H and O–H groups in total. The predicted molar refractivity (Wildman–Crippen MR) is 137 cm³/mol. The van der Waals surface area contributed by atoms with Crippen LogP contribution in [0.3, 0.4) is 0 Å². The summed E-state index contributed by atoms with van der Waals surface area (Å²) >= 11 is 6.35. The van der Waals surface area contributed by atoms with E-state index in [0.29, 0.717) is 0 Å². The summed E-state index contributed by atoms with van der Waals surface area (Å²) in [7, 11) is -4.01. The predicted octanol–water partition coefficient (Wildman–Crippen LogP) is 5.60. The number of nitrogens with zero attached hydrogens (tertiary/aromatic N) is 1. The normalized spacial score (nSPS) is 14.2. The second kappa shape index (κ2) is 10.2. The summed E-state index contributed by atoms with van der Waals surface area (Å²) in [5.41, 5.74) is 4.94. The lowest BCUT2D eigenvalue weighted by atomic mass is 9.89. The van der Waals surface area contributed by atoms with Gasteiger partial charge in [0.1, 0.15) is 6.54 Å². The molecule has 34 heavy (non-hydrogen) atoms. The van der Waals surface area contributed by atoms with Crippen LogP contribution in [0.5, 0.6) is 0 Å². The molecule has 0 aromatic heterocycles. The maximum Gasteiger partial charge on any atom is 0.264 e. The Morgan fingerprint density at radius 2 is 1.68 bits per heavy atom. The van der Waals surface area contributed by atoms with Gasteiger partial charge in [-0.15, -0.1) is 0 Å². The number of benzene rings is 3. The molecule has 4 rings (SSSR count). The third-order valence-corrected chi connectivity index (χ3v) is 8.36. The van der Waals surface area contributed by atoms with Crippen LogP contribution in [0, 0.1) is 6.92 Å². The Labute approximate surface area is 206 Å². The lowest BCUT2D eigenvalue weighted by Crippen LogP contribution is -2.41. The van der Waals surface area contributed by atoms with Crippen LogP contribution in [0.15, 0.2) is 71.6 Å². The minimum absolute atomic E-state index is 0.105. The third-order valence-electron chi connectivity index (χ3n) is 6.27. The van der Waals surface area contributed by atoms with E-state index in [0.717, 1.165) is 28.3 Å². The third kappa shape index (κ3) is 5.29. The van der Waals surface area contributed by atoms with E-state index in [1.165, 1.54) is 24.0 Å². The molecular formula is C27H29ClN2O3S. The zero-order chi connectivity index (χ0) is 24.3. The Hall–Kier alpha value is -2.83. The molecule has 1 aliphatic carbocycles. The molecule has 3 aromatic rings. The van der Waals surface area contributed by atoms with E-state index in [1.54, 1.807) is 48.5 Å². The van der Waals surface area contributed by atoms with E-state index in [9.17, 15) is 13.2 Å². The number of halogens is 1. The van der Waals surface area contributed by atoms with Crippen molar-refractivity contribution in [2.24, 2.45) is 0 Å². The number of para-hydroxylation sites is 1. The molecule has 0 radical (unpaired) electrons. The molecule has 0 fully saturated rings. The van der Waals surface area contributed by atoms with Crippen LogP contribution in [0.2, 0.25) is 5.02 Å². The summed E-state index contributed by atoms with van der Waals surface area (Å²) in [5.74, 6) is -0.402. The summed E-state index contributed by atoms with van der Waals surface area (Å²) in [6, 6.07) is 19.3. The number of nitrogens with one attached hydrogen (secondary N) is 1. The highest BCUT2D eigenvalue weighted by atomic mass is 35.5. The molecule has 0 saturated carbocycles. The number of rotatable bonds is 7. The van der Waals surface area contributed by atoms with Crippen LogP contribution in [0.25, 0.3) is 0 Å². The molecule has 1 amide bonds. The molecule has 0 heterocycles. The molecule has 5 nitrogen and oxygen atoms in total. The second-order valence-corrected chi connectivity index (χ2v) is 11.1. The molecule has 0 bridgehead atoms. The lowest BCUT2D eigenvalue weighted by molar-refractivity contribution is -0.120. The first-order chi connectivity index (χ1) is 16.3. The highest BCUT2D eigenvalue weighted by Gasteiger charge is 2.29. The van der Waals surface area contributed by atoms with Crippen LogP contribution in [-0.4, -0.2) is 20.9 Å². The number of amides is 1. The van der Waals surface area contributed by atoms with Crippen LogP contribution in [0.1, 0.15) is 48.1 Å². The standard InChI is InChI=1S/C27H29ClN2O3S/c1-19-11-15-24(16-12-19)34(32,33)30(26-10-6-5-9-25(26)28)18-27(31)29-20(2)22-14-13-21-7-3-4-8-23(21)17-22/h5-6,9-17,20H,3-4,7-8,18H2,1-2H3,(H,29,31)/t20-/m1/s1. The fraction of sp³-hybridized carbons (Fsp3) is 0.296. The van der Waals surface area contributed by atoms with Crippen molar-refractivity contribution < 1.29 is 13.2 Å². The smallest absolute Gasteiger partial charge is 0.264 e. The van der Waals surface area contributed by atoms with Gasteiger partial charge in [0.2, 0.25) is 5.91 Å². The Morgan fingerprint density at radius 3 is 2.38 bits per heavy atom. The Balaban J connectivity index is 1.58. The fourth-order valence-electron chi connectivity index (χ4n) is 4.31. The summed E-state index contributed by atoms with van der Waals surface area (Å²) < 4.78 is 28.1. The number of aryl methyl sites for hydroxylation is 3. The van der Waals surface area contributed by atoms with Gasteiger partial charge in [0.15, 0.2) is 0 Å². The summed E-state index contributed by atoms with van der Waals surface area (Å²) in [5, 5.41) is 3.23. The maximum atomic E-state index is 13.5. The molecular weight excluding hydrogens is 468 g/mol. The van der Waals surface area contributed by atoms with Gasteiger partial charge < -0.3 is 5.32 Å². The highest BCUT2D eigenvalue weighted by Crippen LogP contribution is 2.30. The van der Waals surface area contributed by atoms with E-state index in [4.69, 9.17) is 11.6 Å². The first-order valence-electron chi connectivity index (χ1n) is 11.5. The largest absolute Gasteiger partial charge is 0.348 e. The van der Waals surface area contributed by atoms with Crippen LogP contribution >= 0.6 is 11.6 Å². The summed E-state index contributed by atoms with van der Waals surface area (Å²) in [4.78, 5) is 13.2. The molecule has 0 saturated heterocycles. The van der Waals surface area contributed by atoms with Crippen molar-refractivity contribution >= 4 is 33.2 Å². The number of hydrogen-bond donors (Lipinski definition) is 1. The Kier molecular flexibility index (Phi) is 7.29. The first kappa shape index (κ1) is 24.3. The van der Waals surface area contributed by atoms with Crippen molar-refractivity contribution in [3.05, 3.63) is 94.0 Å². The lowest BCUT2D eigenvalue weighted by Gasteiger charge is -2.26. The molecule has 178 valence electrons. The highest BCUT2D eigenvalue weighted by molar-refractivity contribution is 7.92. The zero-order valence-corrected chi connectivity index (χ0v) is 21.0. The Bertz CT molecular complexity index is 1290. The van der Waals surface area contributed by atoms with Gasteiger partial charge in [-0.2, -0.15) is 0 Å². The van der Waals surface area contributed by atoms with Gasteiger partial charge in [0, 0.05) is 0 Å². The minimum Gasteiger partial charge on any atom is -0.348 e.